The van der Waals surface area contributed by atoms with Gasteiger partial charge in [0.05, 0.1) is 6.26 Å². The fraction of sp³-hybridized carbons (Fsp3) is 0.273. The Kier molecular flexibility index (Phi) is 2.76. The number of furan rings is 1. The van der Waals surface area contributed by atoms with Gasteiger partial charge in [-0.3, -0.25) is 10.1 Å². The lowest BCUT2D eigenvalue weighted by atomic mass is 10.0. The zero-order valence-electron chi connectivity index (χ0n) is 8.87. The number of nitrogens with zero attached hydrogens (tertiary/aromatic N) is 2. The van der Waals surface area contributed by atoms with Crippen molar-refractivity contribution in [3.8, 4) is 0 Å². The molecule has 5 nitrogen and oxygen atoms in total. The Labute approximate surface area is 92.4 Å². The molecule has 0 aliphatic heterocycles. The summed E-state index contributed by atoms with van der Waals surface area (Å²) in [5.41, 5.74) is 0.881. The average Bonchev–Trinajstić information content (AvgIpc) is 2.84. The average molecular weight is 220 g/mol. The van der Waals surface area contributed by atoms with Crippen molar-refractivity contribution in [1.29, 1.82) is 0 Å². The second-order valence-electron chi connectivity index (χ2n) is 3.63. The molecule has 0 saturated carbocycles. The molecule has 2 aromatic rings. The first-order valence-electron chi connectivity index (χ1n) is 4.95. The maximum Gasteiger partial charge on any atom is 0.219 e. The van der Waals surface area contributed by atoms with Crippen molar-refractivity contribution in [1.82, 2.24) is 4.57 Å². The first-order valence-corrected chi connectivity index (χ1v) is 4.95. The van der Waals surface area contributed by atoms with E-state index in [2.05, 4.69) is 0 Å². The molecule has 0 spiro atoms. The van der Waals surface area contributed by atoms with Gasteiger partial charge in [0.2, 0.25) is 6.54 Å². The van der Waals surface area contributed by atoms with Gasteiger partial charge in [0.25, 0.3) is 0 Å². The van der Waals surface area contributed by atoms with E-state index >= 15 is 0 Å². The third kappa shape index (κ3) is 1.98. The Morgan fingerprint density at radius 2 is 2.31 bits per heavy atom. The van der Waals surface area contributed by atoms with E-state index in [9.17, 15) is 10.1 Å². The summed E-state index contributed by atoms with van der Waals surface area (Å²) in [6, 6.07) is 7.24. The van der Waals surface area contributed by atoms with E-state index in [-0.39, 0.29) is 17.4 Å². The predicted octanol–water partition coefficient (Wildman–Crippen LogP) is 2.03. The smallest absolute Gasteiger partial charge is 0.219 e. The first-order chi connectivity index (χ1) is 7.68. The van der Waals surface area contributed by atoms with Crippen molar-refractivity contribution >= 4 is 0 Å². The van der Waals surface area contributed by atoms with Gasteiger partial charge in [0.1, 0.15) is 11.7 Å². The zero-order valence-corrected chi connectivity index (χ0v) is 8.87. The Morgan fingerprint density at radius 1 is 1.50 bits per heavy atom. The molecule has 0 aliphatic carbocycles. The van der Waals surface area contributed by atoms with Crippen LogP contribution >= 0.6 is 0 Å². The van der Waals surface area contributed by atoms with Crippen molar-refractivity contribution in [3.63, 3.8) is 0 Å². The highest BCUT2D eigenvalue weighted by atomic mass is 16.6. The summed E-state index contributed by atoms with van der Waals surface area (Å²) in [6.45, 7) is -0.161. The van der Waals surface area contributed by atoms with Crippen molar-refractivity contribution in [2.45, 2.75) is 5.92 Å². The molecule has 1 unspecified atom stereocenters. The summed E-state index contributed by atoms with van der Waals surface area (Å²) in [4.78, 5) is 10.3. The van der Waals surface area contributed by atoms with Crippen molar-refractivity contribution in [2.75, 3.05) is 6.54 Å². The summed E-state index contributed by atoms with van der Waals surface area (Å²) in [7, 11) is 1.87. The SMILES string of the molecule is Cn1cccc1C(C[N+](=O)[O-])c1ccco1. The highest BCUT2D eigenvalue weighted by molar-refractivity contribution is 5.22. The van der Waals surface area contributed by atoms with Crippen molar-refractivity contribution < 1.29 is 9.34 Å². The maximum atomic E-state index is 10.7. The molecular formula is C11H12N2O3. The topological polar surface area (TPSA) is 61.2 Å². The van der Waals surface area contributed by atoms with E-state index < -0.39 is 0 Å². The van der Waals surface area contributed by atoms with Gasteiger partial charge >= 0.3 is 0 Å². The van der Waals surface area contributed by atoms with Crippen LogP contribution in [0.5, 0.6) is 0 Å². The van der Waals surface area contributed by atoms with E-state index in [1.165, 1.54) is 6.26 Å². The molecule has 16 heavy (non-hydrogen) atoms. The summed E-state index contributed by atoms with van der Waals surface area (Å²) in [6.07, 6.45) is 3.40. The summed E-state index contributed by atoms with van der Waals surface area (Å²) < 4.78 is 7.13. The molecule has 2 rings (SSSR count). The highest BCUT2D eigenvalue weighted by Crippen LogP contribution is 2.25. The molecule has 0 fully saturated rings. The first kappa shape index (κ1) is 10.5. The van der Waals surface area contributed by atoms with E-state index in [0.29, 0.717) is 5.76 Å². The van der Waals surface area contributed by atoms with Crippen molar-refractivity contribution in [2.24, 2.45) is 7.05 Å². The van der Waals surface area contributed by atoms with Gasteiger partial charge in [0.15, 0.2) is 0 Å². The Hall–Kier alpha value is -2.04. The number of rotatable bonds is 4. The van der Waals surface area contributed by atoms with Gasteiger partial charge in [-0.05, 0) is 24.3 Å². The molecule has 5 heteroatoms. The largest absolute Gasteiger partial charge is 0.468 e. The Morgan fingerprint density at radius 3 is 2.81 bits per heavy atom. The number of aromatic nitrogens is 1. The van der Waals surface area contributed by atoms with Crippen LogP contribution in [-0.4, -0.2) is 16.0 Å². The van der Waals surface area contributed by atoms with Crippen LogP contribution in [-0.2, 0) is 7.05 Å². The van der Waals surface area contributed by atoms with Crippen LogP contribution in [0.1, 0.15) is 17.4 Å². The third-order valence-corrected chi connectivity index (χ3v) is 2.56. The number of hydrogen-bond donors (Lipinski definition) is 0. The Bertz CT molecular complexity index is 473. The second-order valence-corrected chi connectivity index (χ2v) is 3.63. The summed E-state index contributed by atoms with van der Waals surface area (Å²) in [5, 5.41) is 10.7. The van der Waals surface area contributed by atoms with E-state index in [1.54, 1.807) is 12.1 Å². The molecule has 84 valence electrons. The van der Waals surface area contributed by atoms with Crippen LogP contribution in [0.25, 0.3) is 0 Å². The molecule has 2 aromatic heterocycles. The maximum absolute atomic E-state index is 10.7. The quantitative estimate of drug-likeness (QED) is 0.585. The van der Waals surface area contributed by atoms with Crippen LogP contribution in [0.15, 0.2) is 41.1 Å². The molecule has 0 N–H and O–H groups in total. The monoisotopic (exact) mass is 220 g/mol. The molecule has 0 radical (unpaired) electrons. The van der Waals surface area contributed by atoms with Crippen LogP contribution in [0.2, 0.25) is 0 Å². The van der Waals surface area contributed by atoms with E-state index in [0.717, 1.165) is 5.69 Å². The van der Waals surface area contributed by atoms with Crippen molar-refractivity contribution in [3.05, 3.63) is 58.3 Å². The van der Waals surface area contributed by atoms with E-state index in [1.807, 2.05) is 29.9 Å². The number of aryl methyl sites for hydroxylation is 1. The molecule has 0 saturated heterocycles. The third-order valence-electron chi connectivity index (χ3n) is 2.56. The lowest BCUT2D eigenvalue weighted by molar-refractivity contribution is -0.482. The standard InChI is InChI=1S/C11H12N2O3/c1-12-6-2-4-10(12)9(8-13(14)15)11-5-3-7-16-11/h2-7,9H,8H2,1H3. The predicted molar refractivity (Wildman–Crippen MR) is 57.8 cm³/mol. The van der Waals surface area contributed by atoms with Crippen LogP contribution in [0.4, 0.5) is 0 Å². The number of nitro groups is 1. The molecule has 0 aliphatic rings. The van der Waals surface area contributed by atoms with Gasteiger partial charge in [-0.25, -0.2) is 0 Å². The molecule has 2 heterocycles. The summed E-state index contributed by atoms with van der Waals surface area (Å²) >= 11 is 0. The molecule has 0 bridgehead atoms. The van der Waals surface area contributed by atoms with Gasteiger partial charge < -0.3 is 8.98 Å². The minimum Gasteiger partial charge on any atom is -0.468 e. The second kappa shape index (κ2) is 4.22. The minimum absolute atomic E-state index is 0.161. The molecule has 1 atom stereocenters. The van der Waals surface area contributed by atoms with Crippen LogP contribution in [0.3, 0.4) is 0 Å². The lowest BCUT2D eigenvalue weighted by Crippen LogP contribution is -2.15. The summed E-state index contributed by atoms with van der Waals surface area (Å²) in [5.74, 6) is 0.295. The molecular weight excluding hydrogens is 208 g/mol. The van der Waals surface area contributed by atoms with Gasteiger partial charge in [0, 0.05) is 23.9 Å². The Balaban J connectivity index is 2.36. The fourth-order valence-electron chi connectivity index (χ4n) is 1.80. The van der Waals surface area contributed by atoms with Gasteiger partial charge in [-0.2, -0.15) is 0 Å². The van der Waals surface area contributed by atoms with Crippen LogP contribution < -0.4 is 0 Å². The van der Waals surface area contributed by atoms with Gasteiger partial charge in [-0.15, -0.1) is 0 Å². The van der Waals surface area contributed by atoms with Crippen LogP contribution in [0, 0.1) is 10.1 Å². The van der Waals surface area contributed by atoms with E-state index in [4.69, 9.17) is 4.42 Å². The van der Waals surface area contributed by atoms with Gasteiger partial charge in [-0.1, -0.05) is 0 Å². The zero-order chi connectivity index (χ0) is 11.5. The highest BCUT2D eigenvalue weighted by Gasteiger charge is 2.24. The molecule has 0 amide bonds. The normalized spacial score (nSPS) is 12.6. The fourth-order valence-corrected chi connectivity index (χ4v) is 1.80. The molecule has 0 aromatic carbocycles. The number of hydrogen-bond acceptors (Lipinski definition) is 3. The lowest BCUT2D eigenvalue weighted by Gasteiger charge is -2.11. The minimum atomic E-state index is -0.329.